The highest BCUT2D eigenvalue weighted by Crippen LogP contribution is 2.20. The molecule has 0 spiro atoms. The summed E-state index contributed by atoms with van der Waals surface area (Å²) in [6.07, 6.45) is 3.10. The van der Waals surface area contributed by atoms with E-state index in [1.165, 1.54) is 14.7 Å². The highest BCUT2D eigenvalue weighted by atomic mass is 16.7. The number of pyridine rings is 2. The molecule has 18 heteroatoms. The number of alkyl carbamates (subject to hydrolysis) is 1. The maximum Gasteiger partial charge on any atom is 0.412 e. The number of amides is 4. The lowest BCUT2D eigenvalue weighted by molar-refractivity contribution is -0.157. The summed E-state index contributed by atoms with van der Waals surface area (Å²) in [6, 6.07) is 27.9. The number of hydrogen-bond donors (Lipinski definition) is 1. The Morgan fingerprint density at radius 1 is 0.672 bits per heavy atom. The molecule has 0 bridgehead atoms. The molecule has 0 unspecified atom stereocenters. The molecule has 1 aliphatic rings. The van der Waals surface area contributed by atoms with Crippen LogP contribution in [-0.2, 0) is 64.1 Å². The normalized spacial score (nSPS) is 13.3. The van der Waals surface area contributed by atoms with Gasteiger partial charge in [-0.2, -0.15) is 0 Å². The third-order valence-electron chi connectivity index (χ3n) is 9.62. The standard InChI is InChI=1S/C23H27N3O6.C23H29N3O6.H2/c1-25(15-12-19-10-5-6-13-24-19)22(28)32-17-31-21(27)20-11-7-14-26(20)23(29)30-16-18-8-3-2-4-9-18;1-17(2)20(25-22(28)30-15-18-9-5-4-6-10-18)21(27)31-16-32-23(29)26(3)14-12-19-11-7-8-13-24-19;/h2-6,8-10,13,20H,7,11-12,14-17H2,1H3;4-11,13,17,20H,12,14-16H2,1-3H3,(H,25,28);1H/t2*20-;/m00./s1. The average molecular weight is 887 g/mol. The van der Waals surface area contributed by atoms with E-state index in [9.17, 15) is 28.8 Å². The van der Waals surface area contributed by atoms with E-state index in [0.29, 0.717) is 45.3 Å². The smallest absolute Gasteiger partial charge is 0.412 e. The Hall–Kier alpha value is -7.24. The number of likely N-dealkylation sites (N-methyl/N-ethyl adjacent to an activating group) is 2. The Morgan fingerprint density at radius 2 is 1.17 bits per heavy atom. The molecule has 1 N–H and O–H groups in total. The maximum absolute atomic E-state index is 12.4. The van der Waals surface area contributed by atoms with E-state index in [1.54, 1.807) is 40.3 Å². The van der Waals surface area contributed by atoms with Crippen LogP contribution >= 0.6 is 0 Å². The molecule has 0 aliphatic carbocycles. The molecule has 4 aromatic rings. The van der Waals surface area contributed by atoms with Crippen LogP contribution < -0.4 is 5.32 Å². The average Bonchev–Trinajstić information content (AvgIpc) is 3.82. The van der Waals surface area contributed by atoms with Crippen LogP contribution in [0.25, 0.3) is 0 Å². The molecule has 344 valence electrons. The summed E-state index contributed by atoms with van der Waals surface area (Å²) in [5, 5.41) is 2.49. The van der Waals surface area contributed by atoms with Gasteiger partial charge in [-0.3, -0.25) is 14.9 Å². The van der Waals surface area contributed by atoms with Gasteiger partial charge in [-0.15, -0.1) is 0 Å². The monoisotopic (exact) mass is 886 g/mol. The summed E-state index contributed by atoms with van der Waals surface area (Å²) in [4.78, 5) is 85.8. The van der Waals surface area contributed by atoms with Gasteiger partial charge >= 0.3 is 36.3 Å². The second-order valence-corrected chi connectivity index (χ2v) is 14.8. The number of ether oxygens (including phenoxy) is 6. The second-order valence-electron chi connectivity index (χ2n) is 14.8. The van der Waals surface area contributed by atoms with E-state index < -0.39 is 62.0 Å². The SMILES string of the molecule is CC(C)[C@H](NC(=O)OCc1ccccc1)C(=O)OCOC(=O)N(C)CCc1ccccn1.CN(CCc1ccccn1)C(=O)OCOC(=O)[C@@H]1CCCN1C(=O)OCc1ccccc1.[HH]. The van der Waals surface area contributed by atoms with E-state index in [4.69, 9.17) is 28.4 Å². The molecule has 1 aliphatic heterocycles. The minimum atomic E-state index is -0.946. The minimum Gasteiger partial charge on any atom is -0.445 e. The van der Waals surface area contributed by atoms with E-state index in [0.717, 1.165) is 22.5 Å². The molecule has 64 heavy (non-hydrogen) atoms. The summed E-state index contributed by atoms with van der Waals surface area (Å²) >= 11 is 0. The molecule has 5 rings (SSSR count). The molecule has 0 radical (unpaired) electrons. The van der Waals surface area contributed by atoms with E-state index in [2.05, 4.69) is 15.3 Å². The van der Waals surface area contributed by atoms with Crippen LogP contribution in [0.5, 0.6) is 0 Å². The Balaban J connectivity index is 0.000000340. The van der Waals surface area contributed by atoms with Crippen molar-refractivity contribution in [2.45, 2.75) is 64.8 Å². The van der Waals surface area contributed by atoms with E-state index in [1.807, 2.05) is 97.1 Å². The number of aromatic nitrogens is 2. The van der Waals surface area contributed by atoms with Crippen LogP contribution in [0.3, 0.4) is 0 Å². The van der Waals surface area contributed by atoms with Gasteiger partial charge in [-0.25, -0.2) is 28.8 Å². The van der Waals surface area contributed by atoms with Crippen LogP contribution in [0.4, 0.5) is 19.2 Å². The maximum atomic E-state index is 12.4. The predicted molar refractivity (Wildman–Crippen MR) is 233 cm³/mol. The molecule has 2 atom stereocenters. The van der Waals surface area contributed by atoms with E-state index in [-0.39, 0.29) is 20.6 Å². The van der Waals surface area contributed by atoms with Gasteiger partial charge in [0.15, 0.2) is 0 Å². The summed E-state index contributed by atoms with van der Waals surface area (Å²) in [6.45, 7) is 3.84. The molecule has 4 amide bonds. The third-order valence-corrected chi connectivity index (χ3v) is 9.62. The fraction of sp³-hybridized carbons (Fsp3) is 0.391. The molecule has 1 saturated heterocycles. The van der Waals surface area contributed by atoms with Crippen molar-refractivity contribution in [2.75, 3.05) is 47.3 Å². The zero-order valence-electron chi connectivity index (χ0n) is 36.5. The molecule has 1 fully saturated rings. The first-order chi connectivity index (χ1) is 30.9. The first kappa shape index (κ1) is 49.4. The number of likely N-dealkylation sites (tertiary alicyclic amines) is 1. The number of nitrogens with one attached hydrogen (secondary N) is 1. The molecule has 2 aromatic carbocycles. The second kappa shape index (κ2) is 27.0. The van der Waals surface area contributed by atoms with Crippen molar-refractivity contribution in [3.8, 4) is 0 Å². The Labute approximate surface area is 374 Å². The molecular weight excluding hydrogens is 829 g/mol. The van der Waals surface area contributed by atoms with Gasteiger partial charge in [0.05, 0.1) is 0 Å². The van der Waals surface area contributed by atoms with Crippen LogP contribution in [0, 0.1) is 5.92 Å². The van der Waals surface area contributed by atoms with Crippen LogP contribution in [0.2, 0.25) is 0 Å². The lowest BCUT2D eigenvalue weighted by atomic mass is 10.1. The Bertz CT molecular complexity index is 1980. The Morgan fingerprint density at radius 3 is 1.67 bits per heavy atom. The minimum absolute atomic E-state index is 0. The van der Waals surface area contributed by atoms with Gasteiger partial charge < -0.3 is 43.5 Å². The summed E-state index contributed by atoms with van der Waals surface area (Å²) in [7, 11) is 3.17. The van der Waals surface area contributed by atoms with Crippen molar-refractivity contribution < 1.29 is 58.6 Å². The third kappa shape index (κ3) is 17.6. The number of carbonyl (C=O) groups excluding carboxylic acids is 6. The fourth-order valence-corrected chi connectivity index (χ4v) is 5.94. The largest absolute Gasteiger partial charge is 0.445 e. The number of nitrogens with zero attached hydrogens (tertiary/aromatic N) is 5. The van der Waals surface area contributed by atoms with Crippen molar-refractivity contribution in [2.24, 2.45) is 5.92 Å². The van der Waals surface area contributed by atoms with Gasteiger partial charge in [0.2, 0.25) is 13.6 Å². The Kier molecular flexibility index (Phi) is 20.8. The highest BCUT2D eigenvalue weighted by Gasteiger charge is 2.36. The van der Waals surface area contributed by atoms with Crippen molar-refractivity contribution >= 4 is 36.3 Å². The zero-order chi connectivity index (χ0) is 46.1. The molecular formula is C46H58N6O12. The number of benzene rings is 2. The van der Waals surface area contributed by atoms with Gasteiger partial charge in [-0.05, 0) is 54.2 Å². The summed E-state index contributed by atoms with van der Waals surface area (Å²) < 4.78 is 30.6. The first-order valence-electron chi connectivity index (χ1n) is 20.7. The van der Waals surface area contributed by atoms with Crippen LogP contribution in [0.15, 0.2) is 109 Å². The van der Waals surface area contributed by atoms with Crippen molar-refractivity contribution in [1.29, 1.82) is 0 Å². The molecule has 3 heterocycles. The highest BCUT2D eigenvalue weighted by molar-refractivity contribution is 5.82. The van der Waals surface area contributed by atoms with Crippen molar-refractivity contribution in [1.82, 2.24) is 30.0 Å². The topological polar surface area (TPSA) is 205 Å². The van der Waals surface area contributed by atoms with E-state index >= 15 is 0 Å². The summed E-state index contributed by atoms with van der Waals surface area (Å²) in [5.41, 5.74) is 3.39. The number of esters is 2. The quantitative estimate of drug-likeness (QED) is 0.0654. The predicted octanol–water partition coefficient (Wildman–Crippen LogP) is 6.38. The lowest BCUT2D eigenvalue weighted by Gasteiger charge is -2.23. The number of rotatable bonds is 18. The lowest BCUT2D eigenvalue weighted by Crippen LogP contribution is -2.45. The molecule has 0 saturated carbocycles. The zero-order valence-corrected chi connectivity index (χ0v) is 36.5. The number of hydrogen-bond acceptors (Lipinski definition) is 14. The fourth-order valence-electron chi connectivity index (χ4n) is 5.94. The van der Waals surface area contributed by atoms with Gasteiger partial charge in [0.1, 0.15) is 25.3 Å². The molecule has 2 aromatic heterocycles. The van der Waals surface area contributed by atoms with Gasteiger partial charge in [0.25, 0.3) is 0 Å². The van der Waals surface area contributed by atoms with Gasteiger partial charge in [-0.1, -0.05) is 86.6 Å². The number of carbonyl (C=O) groups is 6. The first-order valence-corrected chi connectivity index (χ1v) is 20.7. The summed E-state index contributed by atoms with van der Waals surface area (Å²) in [5.74, 6) is -1.60. The van der Waals surface area contributed by atoms with Gasteiger partial charge in [0, 0.05) is 71.8 Å². The van der Waals surface area contributed by atoms with Crippen molar-refractivity contribution in [3.63, 3.8) is 0 Å². The van der Waals surface area contributed by atoms with Crippen LogP contribution in [-0.4, -0.2) is 120 Å². The van der Waals surface area contributed by atoms with Crippen molar-refractivity contribution in [3.05, 3.63) is 132 Å². The van der Waals surface area contributed by atoms with Crippen LogP contribution in [0.1, 0.15) is 50.6 Å². The molecule has 18 nitrogen and oxygen atoms in total.